The molecule has 6 heteroatoms. The van der Waals surface area contributed by atoms with Crippen molar-refractivity contribution in [3.63, 3.8) is 0 Å². The number of aryl methyl sites for hydroxylation is 1. The summed E-state index contributed by atoms with van der Waals surface area (Å²) in [5.74, 6) is 0. The van der Waals surface area contributed by atoms with Crippen LogP contribution in [0.5, 0.6) is 0 Å². The Labute approximate surface area is 98.4 Å². The minimum absolute atomic E-state index is 0.176. The Morgan fingerprint density at radius 1 is 1.75 bits per heavy atom. The zero-order valence-electron chi connectivity index (χ0n) is 9.07. The Bertz CT molecular complexity index is 427. The molecule has 0 spiro atoms. The number of rotatable bonds is 3. The number of nitrogens with one attached hydrogen (secondary N) is 1. The average molecular weight is 244 g/mol. The van der Waals surface area contributed by atoms with Gasteiger partial charge in [-0.3, -0.25) is 4.79 Å². The van der Waals surface area contributed by atoms with Crippen molar-refractivity contribution in [2.45, 2.75) is 18.9 Å². The van der Waals surface area contributed by atoms with E-state index >= 15 is 0 Å². The van der Waals surface area contributed by atoms with Gasteiger partial charge in [0.25, 0.3) is 5.56 Å². The number of ether oxygens (including phenoxy) is 1. The Kier molecular flexibility index (Phi) is 3.46. The molecule has 0 saturated carbocycles. The van der Waals surface area contributed by atoms with Crippen molar-refractivity contribution >= 4 is 17.3 Å². The van der Waals surface area contributed by atoms with Crippen LogP contribution in [0.15, 0.2) is 11.0 Å². The van der Waals surface area contributed by atoms with Gasteiger partial charge in [-0.1, -0.05) is 11.6 Å². The summed E-state index contributed by atoms with van der Waals surface area (Å²) in [6.07, 6.45) is 3.90. The van der Waals surface area contributed by atoms with Crippen LogP contribution in [0.25, 0.3) is 0 Å². The molecular formula is C10H14ClN3O2. The third-order valence-corrected chi connectivity index (χ3v) is 2.99. The number of hydrogen-bond acceptors (Lipinski definition) is 4. The Balaban J connectivity index is 2.04. The van der Waals surface area contributed by atoms with E-state index in [0.29, 0.717) is 12.2 Å². The van der Waals surface area contributed by atoms with Crippen LogP contribution in [0.1, 0.15) is 12.8 Å². The zero-order chi connectivity index (χ0) is 11.5. The van der Waals surface area contributed by atoms with Crippen LogP contribution in [-0.2, 0) is 11.8 Å². The van der Waals surface area contributed by atoms with Crippen LogP contribution in [0.3, 0.4) is 0 Å². The molecule has 1 saturated heterocycles. The van der Waals surface area contributed by atoms with Crippen LogP contribution in [0.4, 0.5) is 5.69 Å². The predicted octanol–water partition coefficient (Wildman–Crippen LogP) is 1.02. The number of anilines is 1. The average Bonchev–Trinajstić information content (AvgIpc) is 2.78. The van der Waals surface area contributed by atoms with Crippen molar-refractivity contribution in [2.24, 2.45) is 7.05 Å². The van der Waals surface area contributed by atoms with Gasteiger partial charge in [-0.2, -0.15) is 5.10 Å². The van der Waals surface area contributed by atoms with Crippen LogP contribution in [0.2, 0.25) is 5.02 Å². The molecule has 0 aliphatic carbocycles. The quantitative estimate of drug-likeness (QED) is 0.862. The topological polar surface area (TPSA) is 56.1 Å². The summed E-state index contributed by atoms with van der Waals surface area (Å²) in [5.41, 5.74) is 0.277. The second kappa shape index (κ2) is 4.84. The van der Waals surface area contributed by atoms with E-state index in [1.807, 2.05) is 0 Å². The normalized spacial score (nSPS) is 20.0. The van der Waals surface area contributed by atoms with Gasteiger partial charge in [-0.05, 0) is 12.8 Å². The number of hydrogen-bond donors (Lipinski definition) is 1. The molecule has 1 aromatic heterocycles. The SMILES string of the molecule is Cn1ncc(NCC2CCCO2)c(Cl)c1=O. The van der Waals surface area contributed by atoms with Crippen molar-refractivity contribution in [3.8, 4) is 0 Å². The molecule has 2 heterocycles. The van der Waals surface area contributed by atoms with Crippen molar-refractivity contribution in [1.82, 2.24) is 9.78 Å². The van der Waals surface area contributed by atoms with E-state index in [4.69, 9.17) is 16.3 Å². The second-order valence-electron chi connectivity index (χ2n) is 3.82. The first-order valence-corrected chi connectivity index (χ1v) is 5.63. The standard InChI is InChI=1S/C10H14ClN3O2/c1-14-10(15)9(11)8(6-13-14)12-5-7-3-2-4-16-7/h6-7,12H,2-5H2,1H3. The molecule has 2 rings (SSSR count). The Morgan fingerprint density at radius 2 is 2.56 bits per heavy atom. The number of aromatic nitrogens is 2. The molecule has 5 nitrogen and oxygen atoms in total. The van der Waals surface area contributed by atoms with Crippen molar-refractivity contribution in [2.75, 3.05) is 18.5 Å². The summed E-state index contributed by atoms with van der Waals surface area (Å²) < 4.78 is 6.67. The molecule has 1 aromatic rings. The van der Waals surface area contributed by atoms with E-state index < -0.39 is 0 Å². The lowest BCUT2D eigenvalue weighted by atomic mass is 10.2. The van der Waals surface area contributed by atoms with Gasteiger partial charge >= 0.3 is 0 Å². The second-order valence-corrected chi connectivity index (χ2v) is 4.19. The van der Waals surface area contributed by atoms with E-state index in [1.54, 1.807) is 13.2 Å². The van der Waals surface area contributed by atoms with Gasteiger partial charge in [0, 0.05) is 20.2 Å². The monoisotopic (exact) mass is 243 g/mol. The molecule has 1 aliphatic heterocycles. The summed E-state index contributed by atoms with van der Waals surface area (Å²) in [5, 5.41) is 7.17. The lowest BCUT2D eigenvalue weighted by Gasteiger charge is -2.12. The number of halogens is 1. The van der Waals surface area contributed by atoms with Crippen molar-refractivity contribution in [3.05, 3.63) is 21.6 Å². The fourth-order valence-corrected chi connectivity index (χ4v) is 1.90. The fraction of sp³-hybridized carbons (Fsp3) is 0.600. The van der Waals surface area contributed by atoms with Gasteiger partial charge < -0.3 is 10.1 Å². The summed E-state index contributed by atoms with van der Waals surface area (Å²) in [7, 11) is 1.57. The first-order valence-electron chi connectivity index (χ1n) is 5.26. The first kappa shape index (κ1) is 11.4. The molecule has 0 aromatic carbocycles. The Morgan fingerprint density at radius 3 is 3.25 bits per heavy atom. The highest BCUT2D eigenvalue weighted by molar-refractivity contribution is 6.32. The van der Waals surface area contributed by atoms with E-state index in [1.165, 1.54) is 4.68 Å². The molecule has 0 bridgehead atoms. The van der Waals surface area contributed by atoms with E-state index in [9.17, 15) is 4.79 Å². The van der Waals surface area contributed by atoms with Gasteiger partial charge in [0.1, 0.15) is 5.02 Å². The maximum absolute atomic E-state index is 11.5. The predicted molar refractivity (Wildman–Crippen MR) is 62.0 cm³/mol. The van der Waals surface area contributed by atoms with E-state index in [0.717, 1.165) is 19.4 Å². The van der Waals surface area contributed by atoms with Crippen molar-refractivity contribution < 1.29 is 4.74 Å². The van der Waals surface area contributed by atoms with Crippen LogP contribution < -0.4 is 10.9 Å². The molecule has 1 aliphatic rings. The Hall–Kier alpha value is -1.07. The molecule has 0 amide bonds. The molecule has 1 N–H and O–H groups in total. The van der Waals surface area contributed by atoms with Crippen LogP contribution in [0, 0.1) is 0 Å². The van der Waals surface area contributed by atoms with Crippen molar-refractivity contribution in [1.29, 1.82) is 0 Å². The third kappa shape index (κ3) is 2.36. The van der Waals surface area contributed by atoms with E-state index in [-0.39, 0.29) is 16.7 Å². The van der Waals surface area contributed by atoms with E-state index in [2.05, 4.69) is 10.4 Å². The summed E-state index contributed by atoms with van der Waals surface area (Å²) in [6, 6.07) is 0. The molecule has 88 valence electrons. The third-order valence-electron chi connectivity index (χ3n) is 2.62. The highest BCUT2D eigenvalue weighted by Gasteiger charge is 2.16. The lowest BCUT2D eigenvalue weighted by molar-refractivity contribution is 0.120. The minimum Gasteiger partial charge on any atom is -0.380 e. The van der Waals surface area contributed by atoms with Gasteiger partial charge in [0.05, 0.1) is 18.0 Å². The largest absolute Gasteiger partial charge is 0.380 e. The molecule has 1 unspecified atom stereocenters. The molecule has 16 heavy (non-hydrogen) atoms. The highest BCUT2D eigenvalue weighted by atomic mass is 35.5. The summed E-state index contributed by atoms with van der Waals surface area (Å²) >= 11 is 5.91. The van der Waals surface area contributed by atoms with Gasteiger partial charge in [-0.25, -0.2) is 4.68 Å². The number of nitrogens with zero attached hydrogens (tertiary/aromatic N) is 2. The van der Waals surface area contributed by atoms with Gasteiger partial charge in [-0.15, -0.1) is 0 Å². The fourth-order valence-electron chi connectivity index (χ4n) is 1.66. The maximum Gasteiger partial charge on any atom is 0.287 e. The molecule has 0 radical (unpaired) electrons. The minimum atomic E-state index is -0.293. The summed E-state index contributed by atoms with van der Waals surface area (Å²) in [6.45, 7) is 1.48. The molecule has 1 atom stereocenters. The summed E-state index contributed by atoms with van der Waals surface area (Å²) in [4.78, 5) is 11.5. The van der Waals surface area contributed by atoms with Gasteiger partial charge in [0.15, 0.2) is 0 Å². The van der Waals surface area contributed by atoms with Crippen LogP contribution in [-0.4, -0.2) is 29.0 Å². The molecular weight excluding hydrogens is 230 g/mol. The molecule has 1 fully saturated rings. The lowest BCUT2D eigenvalue weighted by Crippen LogP contribution is -2.24. The van der Waals surface area contributed by atoms with Gasteiger partial charge in [0.2, 0.25) is 0 Å². The maximum atomic E-state index is 11.5. The first-order chi connectivity index (χ1) is 7.68. The zero-order valence-corrected chi connectivity index (χ0v) is 9.83. The van der Waals surface area contributed by atoms with Crippen LogP contribution >= 0.6 is 11.6 Å². The highest BCUT2D eigenvalue weighted by Crippen LogP contribution is 2.17. The smallest absolute Gasteiger partial charge is 0.287 e.